The Bertz CT molecular complexity index is 740. The summed E-state index contributed by atoms with van der Waals surface area (Å²) in [5, 5.41) is 7.94. The summed E-state index contributed by atoms with van der Waals surface area (Å²) >= 11 is 0. The van der Waals surface area contributed by atoms with Crippen LogP contribution in [-0.2, 0) is 10.0 Å². The van der Waals surface area contributed by atoms with Crippen molar-refractivity contribution < 1.29 is 13.2 Å². The van der Waals surface area contributed by atoms with Crippen molar-refractivity contribution in [2.45, 2.75) is 30.8 Å². The Morgan fingerprint density at radius 2 is 1.74 bits per heavy atom. The maximum atomic E-state index is 12.6. The van der Waals surface area contributed by atoms with Crippen LogP contribution < -0.4 is 4.74 Å². The van der Waals surface area contributed by atoms with Gasteiger partial charge in [0.25, 0.3) is 0 Å². The van der Waals surface area contributed by atoms with Crippen molar-refractivity contribution in [3.63, 3.8) is 0 Å². The summed E-state index contributed by atoms with van der Waals surface area (Å²) in [6.45, 7) is 2.76. The zero-order chi connectivity index (χ0) is 16.3. The van der Waals surface area contributed by atoms with Crippen molar-refractivity contribution in [3.05, 3.63) is 48.2 Å². The van der Waals surface area contributed by atoms with Gasteiger partial charge in [0, 0.05) is 19.2 Å². The second-order valence-corrected chi connectivity index (χ2v) is 7.49. The van der Waals surface area contributed by atoms with Crippen LogP contribution in [0.2, 0.25) is 0 Å². The van der Waals surface area contributed by atoms with E-state index < -0.39 is 10.0 Å². The molecule has 2 aromatic rings. The van der Waals surface area contributed by atoms with E-state index in [1.807, 2.05) is 19.1 Å². The van der Waals surface area contributed by atoms with Crippen LogP contribution in [0.5, 0.6) is 5.88 Å². The topological polar surface area (TPSA) is 72.4 Å². The molecule has 0 aliphatic carbocycles. The largest absolute Gasteiger partial charge is 0.473 e. The molecule has 1 aromatic carbocycles. The molecule has 0 saturated carbocycles. The second kappa shape index (κ2) is 6.64. The number of hydrogen-bond donors (Lipinski definition) is 0. The molecule has 3 rings (SSSR count). The highest BCUT2D eigenvalue weighted by Crippen LogP contribution is 2.22. The molecule has 122 valence electrons. The minimum Gasteiger partial charge on any atom is -0.473 e. The SMILES string of the molecule is Cc1ccc(OC2CCN(S(=O)(=O)c3ccccc3)CC2)nn1. The van der Waals surface area contributed by atoms with E-state index in [1.54, 1.807) is 30.3 Å². The van der Waals surface area contributed by atoms with E-state index in [2.05, 4.69) is 10.2 Å². The van der Waals surface area contributed by atoms with Crippen LogP contribution in [0.25, 0.3) is 0 Å². The summed E-state index contributed by atoms with van der Waals surface area (Å²) in [6.07, 6.45) is 1.25. The first-order chi connectivity index (χ1) is 11.1. The Morgan fingerprint density at radius 3 is 2.35 bits per heavy atom. The highest BCUT2D eigenvalue weighted by molar-refractivity contribution is 7.89. The van der Waals surface area contributed by atoms with Crippen LogP contribution in [0.1, 0.15) is 18.5 Å². The summed E-state index contributed by atoms with van der Waals surface area (Å²) in [5.74, 6) is 0.486. The van der Waals surface area contributed by atoms with Crippen molar-refractivity contribution >= 4 is 10.0 Å². The van der Waals surface area contributed by atoms with Crippen molar-refractivity contribution in [1.82, 2.24) is 14.5 Å². The molecule has 23 heavy (non-hydrogen) atoms. The average Bonchev–Trinajstić information content (AvgIpc) is 2.58. The lowest BCUT2D eigenvalue weighted by atomic mass is 10.1. The van der Waals surface area contributed by atoms with Crippen molar-refractivity contribution in [2.75, 3.05) is 13.1 Å². The fourth-order valence-corrected chi connectivity index (χ4v) is 4.04. The van der Waals surface area contributed by atoms with E-state index >= 15 is 0 Å². The number of benzene rings is 1. The fourth-order valence-electron chi connectivity index (χ4n) is 2.55. The minimum absolute atomic E-state index is 0.0331. The van der Waals surface area contributed by atoms with Gasteiger partial charge in [-0.2, -0.15) is 9.40 Å². The molecular weight excluding hydrogens is 314 g/mol. The van der Waals surface area contributed by atoms with Gasteiger partial charge in [0.1, 0.15) is 6.10 Å². The average molecular weight is 333 g/mol. The molecule has 1 aromatic heterocycles. The number of aromatic nitrogens is 2. The van der Waals surface area contributed by atoms with Crippen molar-refractivity contribution in [3.8, 4) is 5.88 Å². The lowest BCUT2D eigenvalue weighted by Crippen LogP contribution is -2.41. The van der Waals surface area contributed by atoms with Gasteiger partial charge >= 0.3 is 0 Å². The Kier molecular flexibility index (Phi) is 4.58. The maximum absolute atomic E-state index is 12.6. The predicted molar refractivity (Wildman–Crippen MR) is 85.6 cm³/mol. The van der Waals surface area contributed by atoms with E-state index in [0.29, 0.717) is 36.7 Å². The van der Waals surface area contributed by atoms with Crippen molar-refractivity contribution in [1.29, 1.82) is 0 Å². The van der Waals surface area contributed by atoms with Gasteiger partial charge in [0.05, 0.1) is 10.6 Å². The molecule has 1 aliphatic heterocycles. The number of ether oxygens (including phenoxy) is 1. The fraction of sp³-hybridized carbons (Fsp3) is 0.375. The van der Waals surface area contributed by atoms with Gasteiger partial charge in [0.15, 0.2) is 0 Å². The van der Waals surface area contributed by atoms with Crippen LogP contribution in [-0.4, -0.2) is 42.1 Å². The molecular formula is C16H19N3O3S. The van der Waals surface area contributed by atoms with Crippen molar-refractivity contribution in [2.24, 2.45) is 0 Å². The second-order valence-electron chi connectivity index (χ2n) is 5.55. The highest BCUT2D eigenvalue weighted by Gasteiger charge is 2.30. The first kappa shape index (κ1) is 15.9. The number of hydrogen-bond acceptors (Lipinski definition) is 5. The summed E-state index contributed by atoms with van der Waals surface area (Å²) < 4.78 is 32.4. The third-order valence-corrected chi connectivity index (χ3v) is 5.76. The van der Waals surface area contributed by atoms with E-state index in [0.717, 1.165) is 5.69 Å². The number of aryl methyl sites for hydroxylation is 1. The molecule has 0 N–H and O–H groups in total. The Hall–Kier alpha value is -1.99. The monoisotopic (exact) mass is 333 g/mol. The molecule has 7 heteroatoms. The Balaban J connectivity index is 1.61. The molecule has 0 bridgehead atoms. The number of nitrogens with zero attached hydrogens (tertiary/aromatic N) is 3. The van der Waals surface area contributed by atoms with Gasteiger partial charge < -0.3 is 4.74 Å². The number of sulfonamides is 1. The zero-order valence-electron chi connectivity index (χ0n) is 12.9. The van der Waals surface area contributed by atoms with Gasteiger partial charge in [-0.1, -0.05) is 18.2 Å². The van der Waals surface area contributed by atoms with E-state index in [9.17, 15) is 8.42 Å². The van der Waals surface area contributed by atoms with Crippen LogP contribution >= 0.6 is 0 Å². The summed E-state index contributed by atoms with van der Waals surface area (Å²) in [7, 11) is -3.41. The lowest BCUT2D eigenvalue weighted by molar-refractivity contribution is 0.128. The maximum Gasteiger partial charge on any atom is 0.243 e. The minimum atomic E-state index is -3.41. The predicted octanol–water partition coefficient (Wildman–Crippen LogP) is 2.02. The van der Waals surface area contributed by atoms with Crippen LogP contribution in [0.4, 0.5) is 0 Å². The molecule has 0 unspecified atom stereocenters. The molecule has 2 heterocycles. The third kappa shape index (κ3) is 3.68. The molecule has 0 spiro atoms. The molecule has 0 atom stereocenters. The summed E-state index contributed by atoms with van der Waals surface area (Å²) in [6, 6.07) is 12.2. The molecule has 1 fully saturated rings. The Morgan fingerprint density at radius 1 is 1.04 bits per heavy atom. The molecule has 1 aliphatic rings. The molecule has 6 nitrogen and oxygen atoms in total. The standard InChI is InChI=1S/C16H19N3O3S/c1-13-7-8-16(18-17-13)22-14-9-11-19(12-10-14)23(20,21)15-5-3-2-4-6-15/h2-8,14H,9-12H2,1H3. The van der Waals surface area contributed by atoms with Crippen LogP contribution in [0, 0.1) is 6.92 Å². The van der Waals surface area contributed by atoms with E-state index in [4.69, 9.17) is 4.74 Å². The van der Waals surface area contributed by atoms with Gasteiger partial charge in [-0.3, -0.25) is 0 Å². The number of piperidine rings is 1. The first-order valence-electron chi connectivity index (χ1n) is 7.58. The summed E-state index contributed by atoms with van der Waals surface area (Å²) in [4.78, 5) is 0.337. The van der Waals surface area contributed by atoms with Gasteiger partial charge in [-0.05, 0) is 38.0 Å². The first-order valence-corrected chi connectivity index (χ1v) is 9.02. The smallest absolute Gasteiger partial charge is 0.243 e. The molecule has 0 radical (unpaired) electrons. The Labute approximate surface area is 136 Å². The van der Waals surface area contributed by atoms with E-state index in [-0.39, 0.29) is 6.10 Å². The summed E-state index contributed by atoms with van der Waals surface area (Å²) in [5.41, 5.74) is 0.834. The van der Waals surface area contributed by atoms with Gasteiger partial charge in [-0.15, -0.1) is 5.10 Å². The molecule has 1 saturated heterocycles. The number of rotatable bonds is 4. The van der Waals surface area contributed by atoms with E-state index in [1.165, 1.54) is 4.31 Å². The van der Waals surface area contributed by atoms with Crippen LogP contribution in [0.15, 0.2) is 47.4 Å². The third-order valence-electron chi connectivity index (χ3n) is 3.84. The van der Waals surface area contributed by atoms with Gasteiger partial charge in [-0.25, -0.2) is 8.42 Å². The van der Waals surface area contributed by atoms with Crippen LogP contribution in [0.3, 0.4) is 0 Å². The highest BCUT2D eigenvalue weighted by atomic mass is 32.2. The quantitative estimate of drug-likeness (QED) is 0.856. The molecule has 0 amide bonds. The lowest BCUT2D eigenvalue weighted by Gasteiger charge is -2.31. The van der Waals surface area contributed by atoms with Gasteiger partial charge in [0.2, 0.25) is 15.9 Å². The zero-order valence-corrected chi connectivity index (χ0v) is 13.7. The normalized spacial score (nSPS) is 17.1.